The van der Waals surface area contributed by atoms with Gasteiger partial charge in [-0.15, -0.1) is 16.8 Å². The zero-order valence-electron chi connectivity index (χ0n) is 15.7. The first-order valence-electron chi connectivity index (χ1n) is 8.82. The number of aryl methyl sites for hydroxylation is 1. The van der Waals surface area contributed by atoms with Gasteiger partial charge in [0.2, 0.25) is 0 Å². The van der Waals surface area contributed by atoms with Gasteiger partial charge in [0.05, 0.1) is 5.02 Å². The van der Waals surface area contributed by atoms with Crippen molar-refractivity contribution in [2.24, 2.45) is 0 Å². The van der Waals surface area contributed by atoms with E-state index in [2.05, 4.69) is 16.8 Å². The van der Waals surface area contributed by atoms with E-state index < -0.39 is 0 Å². The number of hydrogen-bond acceptors (Lipinski definition) is 4. The molecule has 0 amide bonds. The van der Waals surface area contributed by atoms with Crippen molar-refractivity contribution in [2.45, 2.75) is 37.4 Å². The van der Waals surface area contributed by atoms with Crippen molar-refractivity contribution in [1.82, 2.24) is 14.8 Å². The Kier molecular flexibility index (Phi) is 7.05. The van der Waals surface area contributed by atoms with Gasteiger partial charge in [-0.1, -0.05) is 65.3 Å². The third-order valence-corrected chi connectivity index (χ3v) is 5.82. The Hall–Kier alpha value is -1.95. The molecule has 1 aromatic heterocycles. The molecule has 146 valence electrons. The SMILES string of the molecule is C=CCn1c(SCc2ccccc2Cl)nnc1C(C)Oc1cc(C)ccc1Cl. The van der Waals surface area contributed by atoms with Crippen LogP contribution in [0.2, 0.25) is 10.0 Å². The van der Waals surface area contributed by atoms with E-state index in [1.54, 1.807) is 11.8 Å². The number of nitrogens with zero attached hydrogens (tertiary/aromatic N) is 3. The minimum Gasteiger partial charge on any atom is -0.481 e. The van der Waals surface area contributed by atoms with Crippen LogP contribution in [0, 0.1) is 6.92 Å². The van der Waals surface area contributed by atoms with Crippen LogP contribution in [0.15, 0.2) is 60.3 Å². The average Bonchev–Trinajstić information content (AvgIpc) is 3.07. The molecule has 1 atom stereocenters. The molecule has 0 aliphatic heterocycles. The van der Waals surface area contributed by atoms with Crippen LogP contribution in [-0.4, -0.2) is 14.8 Å². The molecule has 0 aliphatic carbocycles. The third kappa shape index (κ3) is 4.90. The normalized spacial score (nSPS) is 12.0. The Morgan fingerprint density at radius 1 is 1.18 bits per heavy atom. The molecule has 0 saturated heterocycles. The predicted molar refractivity (Wildman–Crippen MR) is 116 cm³/mol. The van der Waals surface area contributed by atoms with E-state index in [0.29, 0.717) is 23.1 Å². The molecule has 7 heteroatoms. The lowest BCUT2D eigenvalue weighted by molar-refractivity contribution is 0.210. The second-order valence-corrected chi connectivity index (χ2v) is 8.07. The number of rotatable bonds is 8. The summed E-state index contributed by atoms with van der Waals surface area (Å²) >= 11 is 14.1. The second-order valence-electron chi connectivity index (χ2n) is 6.31. The van der Waals surface area contributed by atoms with Crippen LogP contribution in [-0.2, 0) is 12.3 Å². The predicted octanol–water partition coefficient (Wildman–Crippen LogP) is 6.51. The van der Waals surface area contributed by atoms with E-state index in [1.807, 2.05) is 67.0 Å². The summed E-state index contributed by atoms with van der Waals surface area (Å²) in [6.07, 6.45) is 1.50. The number of halogens is 2. The largest absolute Gasteiger partial charge is 0.481 e. The molecule has 0 spiro atoms. The maximum absolute atomic E-state index is 6.27. The van der Waals surface area contributed by atoms with Crippen molar-refractivity contribution >= 4 is 35.0 Å². The fourth-order valence-electron chi connectivity index (χ4n) is 2.71. The lowest BCUT2D eigenvalue weighted by Gasteiger charge is -2.17. The minimum atomic E-state index is -0.318. The highest BCUT2D eigenvalue weighted by Gasteiger charge is 2.20. The molecule has 0 radical (unpaired) electrons. The van der Waals surface area contributed by atoms with E-state index in [-0.39, 0.29) is 6.10 Å². The van der Waals surface area contributed by atoms with Gasteiger partial charge in [0, 0.05) is 17.3 Å². The smallest absolute Gasteiger partial charge is 0.191 e. The van der Waals surface area contributed by atoms with Crippen molar-refractivity contribution < 1.29 is 4.74 Å². The zero-order chi connectivity index (χ0) is 20.1. The van der Waals surface area contributed by atoms with Crippen LogP contribution in [0.1, 0.15) is 30.0 Å². The van der Waals surface area contributed by atoms with Crippen LogP contribution in [0.4, 0.5) is 0 Å². The average molecular weight is 434 g/mol. The summed E-state index contributed by atoms with van der Waals surface area (Å²) in [5.74, 6) is 2.06. The minimum absolute atomic E-state index is 0.318. The fourth-order valence-corrected chi connectivity index (χ4v) is 4.11. The van der Waals surface area contributed by atoms with Gasteiger partial charge in [0.1, 0.15) is 5.75 Å². The Bertz CT molecular complexity index is 974. The van der Waals surface area contributed by atoms with Crippen LogP contribution in [0.5, 0.6) is 5.75 Å². The Balaban J connectivity index is 1.80. The van der Waals surface area contributed by atoms with Crippen LogP contribution in [0.25, 0.3) is 0 Å². The molecule has 28 heavy (non-hydrogen) atoms. The summed E-state index contributed by atoms with van der Waals surface area (Å²) < 4.78 is 8.08. The molecule has 0 aliphatic rings. The first-order chi connectivity index (χ1) is 13.5. The zero-order valence-corrected chi connectivity index (χ0v) is 18.1. The first-order valence-corrected chi connectivity index (χ1v) is 10.6. The highest BCUT2D eigenvalue weighted by atomic mass is 35.5. The quantitative estimate of drug-likeness (QED) is 0.299. The van der Waals surface area contributed by atoms with Gasteiger partial charge in [-0.05, 0) is 43.2 Å². The molecule has 0 fully saturated rings. The summed E-state index contributed by atoms with van der Waals surface area (Å²) in [7, 11) is 0. The standard InChI is InChI=1S/C21H21Cl2N3OS/c1-4-11-26-20(15(3)27-19-12-14(2)9-10-18(19)23)24-25-21(26)28-13-16-7-5-6-8-17(16)22/h4-10,12,15H,1,11,13H2,2-3H3. The summed E-state index contributed by atoms with van der Waals surface area (Å²) in [5.41, 5.74) is 2.13. The van der Waals surface area contributed by atoms with Gasteiger partial charge in [-0.2, -0.15) is 0 Å². The summed E-state index contributed by atoms with van der Waals surface area (Å²) in [6.45, 7) is 8.37. The van der Waals surface area contributed by atoms with Crippen molar-refractivity contribution in [3.63, 3.8) is 0 Å². The van der Waals surface area contributed by atoms with E-state index in [1.165, 1.54) is 0 Å². The third-order valence-electron chi connectivity index (χ3n) is 4.13. The highest BCUT2D eigenvalue weighted by molar-refractivity contribution is 7.98. The summed E-state index contributed by atoms with van der Waals surface area (Å²) in [4.78, 5) is 0. The van der Waals surface area contributed by atoms with Gasteiger partial charge in [0.25, 0.3) is 0 Å². The fraction of sp³-hybridized carbons (Fsp3) is 0.238. The first kappa shape index (κ1) is 20.8. The molecule has 0 N–H and O–H groups in total. The molecule has 4 nitrogen and oxygen atoms in total. The number of allylic oxidation sites excluding steroid dienone is 1. The molecule has 0 bridgehead atoms. The van der Waals surface area contributed by atoms with Gasteiger partial charge >= 0.3 is 0 Å². The molecule has 1 unspecified atom stereocenters. The van der Waals surface area contributed by atoms with E-state index >= 15 is 0 Å². The van der Waals surface area contributed by atoms with Crippen LogP contribution < -0.4 is 4.74 Å². The van der Waals surface area contributed by atoms with Crippen LogP contribution >= 0.6 is 35.0 Å². The summed E-state index contributed by atoms with van der Waals surface area (Å²) in [6, 6.07) is 13.5. The number of ether oxygens (including phenoxy) is 1. The van der Waals surface area contributed by atoms with E-state index in [9.17, 15) is 0 Å². The van der Waals surface area contributed by atoms with E-state index in [4.69, 9.17) is 27.9 Å². The second kappa shape index (κ2) is 9.50. The lowest BCUT2D eigenvalue weighted by Crippen LogP contribution is -2.12. The van der Waals surface area contributed by atoms with Crippen LogP contribution in [0.3, 0.4) is 0 Å². The maximum Gasteiger partial charge on any atom is 0.191 e. The Morgan fingerprint density at radius 3 is 2.71 bits per heavy atom. The van der Waals surface area contributed by atoms with Crippen molar-refractivity contribution in [2.75, 3.05) is 0 Å². The van der Waals surface area contributed by atoms with E-state index in [0.717, 1.165) is 27.1 Å². The molecular weight excluding hydrogens is 413 g/mol. The highest BCUT2D eigenvalue weighted by Crippen LogP contribution is 2.31. The van der Waals surface area contributed by atoms with Gasteiger partial charge < -0.3 is 4.74 Å². The van der Waals surface area contributed by atoms with Gasteiger partial charge in [-0.25, -0.2) is 0 Å². The molecule has 3 rings (SSSR count). The number of benzene rings is 2. The van der Waals surface area contributed by atoms with Gasteiger partial charge in [-0.3, -0.25) is 4.57 Å². The van der Waals surface area contributed by atoms with Gasteiger partial charge in [0.15, 0.2) is 17.1 Å². The molecule has 1 heterocycles. The summed E-state index contributed by atoms with van der Waals surface area (Å²) in [5, 5.41) is 10.8. The van der Waals surface area contributed by atoms with Crippen molar-refractivity contribution in [3.05, 3.63) is 82.1 Å². The Morgan fingerprint density at radius 2 is 1.96 bits per heavy atom. The monoisotopic (exact) mass is 433 g/mol. The topological polar surface area (TPSA) is 39.9 Å². The van der Waals surface area contributed by atoms with Crippen molar-refractivity contribution in [3.8, 4) is 5.75 Å². The number of thioether (sulfide) groups is 1. The number of aromatic nitrogens is 3. The Labute approximate surface area is 179 Å². The van der Waals surface area contributed by atoms with Crippen molar-refractivity contribution in [1.29, 1.82) is 0 Å². The lowest BCUT2D eigenvalue weighted by atomic mass is 10.2. The molecule has 3 aromatic rings. The molecule has 2 aromatic carbocycles. The maximum atomic E-state index is 6.27. The molecular formula is C21H21Cl2N3OS. The molecule has 0 saturated carbocycles. The number of hydrogen-bond donors (Lipinski definition) is 0.